The Morgan fingerprint density at radius 2 is 2.29 bits per heavy atom. The number of unbranched alkanes of at least 4 members (excludes halogenated alkanes) is 1. The topological polar surface area (TPSA) is 38.9 Å². The molecule has 1 aromatic heterocycles. The number of hydrogen-bond donors (Lipinski definition) is 1. The minimum absolute atomic E-state index is 0.646. The van der Waals surface area contributed by atoms with Crippen LogP contribution < -0.4 is 5.73 Å². The zero-order valence-electron chi connectivity index (χ0n) is 8.92. The molecule has 3 heteroatoms. The second kappa shape index (κ2) is 5.91. The van der Waals surface area contributed by atoms with Gasteiger partial charge in [-0.1, -0.05) is 19.4 Å². The Balaban J connectivity index is 2.39. The van der Waals surface area contributed by atoms with E-state index in [0.717, 1.165) is 11.3 Å². The van der Waals surface area contributed by atoms with Crippen molar-refractivity contribution >= 4 is 17.6 Å². The van der Waals surface area contributed by atoms with Gasteiger partial charge in [-0.3, -0.25) is 0 Å². The van der Waals surface area contributed by atoms with Crippen molar-refractivity contribution in [3.63, 3.8) is 0 Å². The van der Waals surface area contributed by atoms with Crippen LogP contribution in [0.3, 0.4) is 0 Å². The first kappa shape index (κ1) is 11.4. The van der Waals surface area contributed by atoms with Crippen LogP contribution in [0.1, 0.15) is 30.9 Å². The van der Waals surface area contributed by atoms with E-state index in [-0.39, 0.29) is 0 Å². The molecule has 0 unspecified atom stereocenters. The average Bonchev–Trinajstić information content (AvgIpc) is 2.18. The van der Waals surface area contributed by atoms with E-state index in [1.54, 1.807) is 0 Å². The fourth-order valence-electron chi connectivity index (χ4n) is 1.16. The smallest absolute Gasteiger partial charge is 0.126 e. The van der Waals surface area contributed by atoms with Crippen molar-refractivity contribution in [3.05, 3.63) is 23.4 Å². The largest absolute Gasteiger partial charge is 0.383 e. The van der Waals surface area contributed by atoms with Gasteiger partial charge in [0.1, 0.15) is 5.82 Å². The van der Waals surface area contributed by atoms with E-state index in [1.165, 1.54) is 24.2 Å². The first-order chi connectivity index (χ1) is 6.74. The number of aromatic nitrogens is 1. The Morgan fingerprint density at radius 3 is 2.93 bits per heavy atom. The first-order valence-electron chi connectivity index (χ1n) is 5.02. The normalized spacial score (nSPS) is 10.4. The summed E-state index contributed by atoms with van der Waals surface area (Å²) in [6, 6.07) is 2.13. The molecule has 2 nitrogen and oxygen atoms in total. The second-order valence-electron chi connectivity index (χ2n) is 3.45. The van der Waals surface area contributed by atoms with Gasteiger partial charge in [0, 0.05) is 11.9 Å². The molecule has 0 radical (unpaired) electrons. The van der Waals surface area contributed by atoms with Gasteiger partial charge < -0.3 is 5.73 Å². The highest BCUT2D eigenvalue weighted by molar-refractivity contribution is 7.98. The molecule has 78 valence electrons. The number of thioether (sulfide) groups is 1. The van der Waals surface area contributed by atoms with E-state index in [2.05, 4.69) is 18.0 Å². The van der Waals surface area contributed by atoms with Gasteiger partial charge in [0.15, 0.2) is 0 Å². The van der Waals surface area contributed by atoms with E-state index < -0.39 is 0 Å². The van der Waals surface area contributed by atoms with Gasteiger partial charge >= 0.3 is 0 Å². The van der Waals surface area contributed by atoms with Gasteiger partial charge in [-0.2, -0.15) is 11.8 Å². The van der Waals surface area contributed by atoms with Crippen molar-refractivity contribution in [2.45, 2.75) is 32.4 Å². The molecular formula is C11H18N2S. The van der Waals surface area contributed by atoms with E-state index in [1.807, 2.05) is 24.9 Å². The number of nitrogen functional groups attached to an aromatic ring is 1. The van der Waals surface area contributed by atoms with Crippen molar-refractivity contribution in [2.24, 2.45) is 0 Å². The Hall–Kier alpha value is -0.700. The molecule has 0 bridgehead atoms. The zero-order chi connectivity index (χ0) is 10.4. The van der Waals surface area contributed by atoms with E-state index in [0.29, 0.717) is 5.82 Å². The van der Waals surface area contributed by atoms with Crippen molar-refractivity contribution in [1.29, 1.82) is 0 Å². The van der Waals surface area contributed by atoms with Gasteiger partial charge in [-0.25, -0.2) is 4.98 Å². The molecule has 0 atom stereocenters. The third-order valence-electron chi connectivity index (χ3n) is 2.09. The molecule has 0 fully saturated rings. The quantitative estimate of drug-likeness (QED) is 0.759. The minimum atomic E-state index is 0.646. The van der Waals surface area contributed by atoms with Gasteiger partial charge in [0.25, 0.3) is 0 Å². The lowest BCUT2D eigenvalue weighted by Gasteiger charge is -2.03. The number of pyridine rings is 1. The molecular weight excluding hydrogens is 192 g/mol. The maximum absolute atomic E-state index is 5.65. The fraction of sp³-hybridized carbons (Fsp3) is 0.545. The number of nitrogens with zero attached hydrogens (tertiary/aromatic N) is 1. The van der Waals surface area contributed by atoms with Crippen LogP contribution in [-0.2, 0) is 5.75 Å². The highest BCUT2D eigenvalue weighted by atomic mass is 32.2. The second-order valence-corrected chi connectivity index (χ2v) is 4.56. The SMILES string of the molecule is CCCCSCc1cnc(N)c(C)c1. The van der Waals surface area contributed by atoms with Crippen LogP contribution in [0, 0.1) is 6.92 Å². The standard InChI is InChI=1S/C11H18N2S/c1-3-4-5-14-8-10-6-9(2)11(12)13-7-10/h6-7H,3-5,8H2,1-2H3,(H2,12,13). The summed E-state index contributed by atoms with van der Waals surface area (Å²) in [7, 11) is 0. The average molecular weight is 210 g/mol. The van der Waals surface area contributed by atoms with Crippen LogP contribution in [0.25, 0.3) is 0 Å². The lowest BCUT2D eigenvalue weighted by molar-refractivity contribution is 0.896. The molecule has 0 saturated carbocycles. The Kier molecular flexibility index (Phi) is 4.80. The zero-order valence-corrected chi connectivity index (χ0v) is 9.73. The van der Waals surface area contributed by atoms with Gasteiger partial charge in [0.05, 0.1) is 0 Å². The Bertz CT molecular complexity index is 287. The monoisotopic (exact) mass is 210 g/mol. The summed E-state index contributed by atoms with van der Waals surface area (Å²) in [5, 5.41) is 0. The number of anilines is 1. The molecule has 0 saturated heterocycles. The molecule has 0 spiro atoms. The lowest BCUT2D eigenvalue weighted by atomic mass is 10.2. The summed E-state index contributed by atoms with van der Waals surface area (Å²) in [4.78, 5) is 4.14. The van der Waals surface area contributed by atoms with Crippen LogP contribution >= 0.6 is 11.8 Å². The van der Waals surface area contributed by atoms with Crippen LogP contribution in [0.5, 0.6) is 0 Å². The summed E-state index contributed by atoms with van der Waals surface area (Å²) in [6.07, 6.45) is 4.44. The predicted molar refractivity (Wildman–Crippen MR) is 64.5 cm³/mol. The van der Waals surface area contributed by atoms with Gasteiger partial charge in [-0.05, 0) is 30.2 Å². The van der Waals surface area contributed by atoms with Crippen molar-refractivity contribution in [3.8, 4) is 0 Å². The summed E-state index contributed by atoms with van der Waals surface area (Å²) in [5.74, 6) is 2.93. The van der Waals surface area contributed by atoms with Crippen LogP contribution in [0.2, 0.25) is 0 Å². The van der Waals surface area contributed by atoms with Crippen LogP contribution in [0.4, 0.5) is 5.82 Å². The minimum Gasteiger partial charge on any atom is -0.383 e. The molecule has 2 N–H and O–H groups in total. The maximum Gasteiger partial charge on any atom is 0.126 e. The number of nitrogens with two attached hydrogens (primary N) is 1. The van der Waals surface area contributed by atoms with Gasteiger partial charge in [0.2, 0.25) is 0 Å². The molecule has 1 heterocycles. The number of rotatable bonds is 5. The first-order valence-corrected chi connectivity index (χ1v) is 6.18. The van der Waals surface area contributed by atoms with Crippen molar-refractivity contribution in [2.75, 3.05) is 11.5 Å². The molecule has 0 amide bonds. The molecule has 0 aromatic carbocycles. The highest BCUT2D eigenvalue weighted by Crippen LogP contribution is 2.16. The Labute approximate surface area is 90.3 Å². The molecule has 1 rings (SSSR count). The third kappa shape index (κ3) is 3.58. The number of hydrogen-bond acceptors (Lipinski definition) is 3. The summed E-state index contributed by atoms with van der Waals surface area (Å²) < 4.78 is 0. The molecule has 0 aliphatic carbocycles. The molecule has 14 heavy (non-hydrogen) atoms. The summed E-state index contributed by atoms with van der Waals surface area (Å²) in [5.41, 5.74) is 8.00. The van der Waals surface area contributed by atoms with E-state index in [9.17, 15) is 0 Å². The van der Waals surface area contributed by atoms with Crippen LogP contribution in [-0.4, -0.2) is 10.7 Å². The molecule has 0 aliphatic rings. The molecule has 0 aliphatic heterocycles. The van der Waals surface area contributed by atoms with E-state index in [4.69, 9.17) is 5.73 Å². The third-order valence-corrected chi connectivity index (χ3v) is 3.20. The maximum atomic E-state index is 5.65. The molecule has 1 aromatic rings. The Morgan fingerprint density at radius 1 is 1.50 bits per heavy atom. The van der Waals surface area contributed by atoms with Crippen LogP contribution in [0.15, 0.2) is 12.3 Å². The van der Waals surface area contributed by atoms with Crippen molar-refractivity contribution in [1.82, 2.24) is 4.98 Å². The summed E-state index contributed by atoms with van der Waals surface area (Å²) >= 11 is 1.96. The highest BCUT2D eigenvalue weighted by Gasteiger charge is 1.98. The van der Waals surface area contributed by atoms with E-state index >= 15 is 0 Å². The number of aryl methyl sites for hydroxylation is 1. The van der Waals surface area contributed by atoms with Gasteiger partial charge in [-0.15, -0.1) is 0 Å². The lowest BCUT2D eigenvalue weighted by Crippen LogP contribution is -1.95. The predicted octanol–water partition coefficient (Wildman–Crippen LogP) is 3.01. The van der Waals surface area contributed by atoms with Crippen molar-refractivity contribution < 1.29 is 0 Å². The summed E-state index contributed by atoms with van der Waals surface area (Å²) in [6.45, 7) is 4.22. The fourth-order valence-corrected chi connectivity index (χ4v) is 2.19.